The molecule has 112 valence electrons. The summed E-state index contributed by atoms with van der Waals surface area (Å²) in [7, 11) is 2.08. The number of nitrogens with one attached hydrogen (secondary N) is 1. The zero-order valence-electron chi connectivity index (χ0n) is 12.7. The molecule has 0 aliphatic heterocycles. The van der Waals surface area contributed by atoms with Crippen molar-refractivity contribution in [2.45, 2.75) is 26.8 Å². The maximum Gasteiger partial charge on any atom is 0.268 e. The summed E-state index contributed by atoms with van der Waals surface area (Å²) in [6.45, 7) is 7.92. The predicted molar refractivity (Wildman–Crippen MR) is 80.5 cm³/mol. The first-order valence-electron chi connectivity index (χ1n) is 6.90. The van der Waals surface area contributed by atoms with Crippen LogP contribution in [0.3, 0.4) is 0 Å². The van der Waals surface area contributed by atoms with Gasteiger partial charge in [0.2, 0.25) is 0 Å². The summed E-state index contributed by atoms with van der Waals surface area (Å²) in [5.74, 6) is 5.97. The fraction of sp³-hybridized carbons (Fsp3) is 0.533. The molecule has 0 saturated heterocycles. The molecular formula is C15H25N3O2. The molecule has 0 aliphatic carbocycles. The fourth-order valence-electron chi connectivity index (χ4n) is 1.87. The van der Waals surface area contributed by atoms with Gasteiger partial charge in [0.05, 0.1) is 5.56 Å². The number of ether oxygens (including phenoxy) is 1. The van der Waals surface area contributed by atoms with Crippen LogP contribution in [0.25, 0.3) is 0 Å². The van der Waals surface area contributed by atoms with Gasteiger partial charge in [0, 0.05) is 12.6 Å². The molecule has 1 rings (SSSR count). The van der Waals surface area contributed by atoms with Crippen molar-refractivity contribution >= 4 is 5.91 Å². The van der Waals surface area contributed by atoms with Crippen LogP contribution in [0, 0.1) is 5.92 Å². The molecule has 0 fully saturated rings. The second-order valence-electron chi connectivity index (χ2n) is 5.28. The molecule has 5 nitrogen and oxygen atoms in total. The standard InChI is InChI=1S/C15H25N3O2/c1-11(2)12(3)18(4)9-10-20-14-8-6-5-7-13(14)15(19)17-16/h5-8,11-12H,9-10,16H2,1-4H3,(H,17,19). The normalized spacial score (nSPS) is 12.6. The highest BCUT2D eigenvalue weighted by Crippen LogP contribution is 2.17. The van der Waals surface area contributed by atoms with Crippen molar-refractivity contribution in [2.24, 2.45) is 11.8 Å². The number of likely N-dealkylation sites (N-methyl/N-ethyl adjacent to an activating group) is 1. The number of hydrogen-bond acceptors (Lipinski definition) is 4. The average Bonchev–Trinajstić information content (AvgIpc) is 2.45. The molecule has 1 atom stereocenters. The number of nitrogen functional groups attached to an aromatic ring is 1. The largest absolute Gasteiger partial charge is 0.491 e. The molecular weight excluding hydrogens is 254 g/mol. The van der Waals surface area contributed by atoms with E-state index in [1.807, 2.05) is 6.07 Å². The van der Waals surface area contributed by atoms with Crippen molar-refractivity contribution in [3.63, 3.8) is 0 Å². The number of rotatable bonds is 7. The summed E-state index contributed by atoms with van der Waals surface area (Å²) in [4.78, 5) is 13.8. The summed E-state index contributed by atoms with van der Waals surface area (Å²) in [6.07, 6.45) is 0. The number of nitrogens with zero attached hydrogens (tertiary/aromatic N) is 1. The Hall–Kier alpha value is -1.59. The topological polar surface area (TPSA) is 67.6 Å². The molecule has 1 aromatic carbocycles. The molecule has 5 heteroatoms. The molecule has 3 N–H and O–H groups in total. The van der Waals surface area contributed by atoms with Crippen molar-refractivity contribution in [3.8, 4) is 5.75 Å². The number of para-hydroxylation sites is 1. The summed E-state index contributed by atoms with van der Waals surface area (Å²) >= 11 is 0. The number of hydrogen-bond donors (Lipinski definition) is 2. The smallest absolute Gasteiger partial charge is 0.268 e. The Morgan fingerprint density at radius 2 is 2.00 bits per heavy atom. The first-order valence-corrected chi connectivity index (χ1v) is 6.90. The first kappa shape index (κ1) is 16.5. The van der Waals surface area contributed by atoms with Gasteiger partial charge in [-0.05, 0) is 32.0 Å². The molecule has 0 bridgehead atoms. The van der Waals surface area contributed by atoms with E-state index in [1.54, 1.807) is 18.2 Å². The van der Waals surface area contributed by atoms with Crippen LogP contribution in [0.5, 0.6) is 5.75 Å². The van der Waals surface area contributed by atoms with Gasteiger partial charge in [0.25, 0.3) is 5.91 Å². The number of amides is 1. The Labute approximate surface area is 121 Å². The molecule has 0 radical (unpaired) electrons. The van der Waals surface area contributed by atoms with Gasteiger partial charge in [-0.1, -0.05) is 26.0 Å². The summed E-state index contributed by atoms with van der Waals surface area (Å²) < 4.78 is 5.70. The van der Waals surface area contributed by atoms with Crippen molar-refractivity contribution < 1.29 is 9.53 Å². The maximum absolute atomic E-state index is 11.6. The van der Waals surface area contributed by atoms with E-state index in [0.717, 1.165) is 6.54 Å². The second-order valence-corrected chi connectivity index (χ2v) is 5.28. The minimum Gasteiger partial charge on any atom is -0.491 e. The molecule has 0 saturated carbocycles. The number of nitrogens with two attached hydrogens (primary N) is 1. The van der Waals surface area contributed by atoms with E-state index in [4.69, 9.17) is 10.6 Å². The fourth-order valence-corrected chi connectivity index (χ4v) is 1.87. The average molecular weight is 279 g/mol. The van der Waals surface area contributed by atoms with Crippen LogP contribution in [0.4, 0.5) is 0 Å². The van der Waals surface area contributed by atoms with E-state index in [1.165, 1.54) is 0 Å². The molecule has 0 heterocycles. The summed E-state index contributed by atoms with van der Waals surface area (Å²) in [6, 6.07) is 7.57. The molecule has 0 spiro atoms. The minimum absolute atomic E-state index is 0.343. The second kappa shape index (κ2) is 7.87. The van der Waals surface area contributed by atoms with Crippen molar-refractivity contribution in [3.05, 3.63) is 29.8 Å². The molecule has 20 heavy (non-hydrogen) atoms. The number of carbonyl (C=O) groups excluding carboxylic acids is 1. The van der Waals surface area contributed by atoms with Crippen LogP contribution < -0.4 is 16.0 Å². The summed E-state index contributed by atoms with van der Waals surface area (Å²) in [5.41, 5.74) is 2.58. The lowest BCUT2D eigenvalue weighted by molar-refractivity contribution is 0.0948. The van der Waals surface area contributed by atoms with Gasteiger partial charge >= 0.3 is 0 Å². The molecule has 0 aromatic heterocycles. The van der Waals surface area contributed by atoms with E-state index in [2.05, 4.69) is 38.1 Å². The first-order chi connectivity index (χ1) is 9.47. The van der Waals surface area contributed by atoms with E-state index in [-0.39, 0.29) is 5.91 Å². The Balaban J connectivity index is 2.56. The number of hydrazine groups is 1. The highest BCUT2D eigenvalue weighted by molar-refractivity contribution is 5.96. The van der Waals surface area contributed by atoms with E-state index >= 15 is 0 Å². The van der Waals surface area contributed by atoms with Crippen LogP contribution in [0.1, 0.15) is 31.1 Å². The van der Waals surface area contributed by atoms with Crippen LogP contribution in [-0.2, 0) is 0 Å². The number of carbonyl (C=O) groups is 1. The third kappa shape index (κ3) is 4.51. The van der Waals surface area contributed by atoms with E-state index < -0.39 is 0 Å². The van der Waals surface area contributed by atoms with Gasteiger partial charge < -0.3 is 9.64 Å². The van der Waals surface area contributed by atoms with Crippen molar-refractivity contribution in [2.75, 3.05) is 20.2 Å². The lowest BCUT2D eigenvalue weighted by atomic mass is 10.1. The van der Waals surface area contributed by atoms with Gasteiger partial charge in [-0.2, -0.15) is 0 Å². The molecule has 1 amide bonds. The minimum atomic E-state index is -0.343. The Kier molecular flexibility index (Phi) is 6.48. The van der Waals surface area contributed by atoms with Gasteiger partial charge in [0.1, 0.15) is 12.4 Å². The quantitative estimate of drug-likeness (QED) is 0.452. The van der Waals surface area contributed by atoms with Gasteiger partial charge in [-0.15, -0.1) is 0 Å². The lowest BCUT2D eigenvalue weighted by Crippen LogP contribution is -2.36. The Morgan fingerprint density at radius 3 is 2.60 bits per heavy atom. The highest BCUT2D eigenvalue weighted by atomic mass is 16.5. The monoisotopic (exact) mass is 279 g/mol. The molecule has 1 aromatic rings. The summed E-state index contributed by atoms with van der Waals surface area (Å²) in [5, 5.41) is 0. The van der Waals surface area contributed by atoms with Crippen LogP contribution in [0.15, 0.2) is 24.3 Å². The van der Waals surface area contributed by atoms with Gasteiger partial charge in [-0.3, -0.25) is 10.2 Å². The Morgan fingerprint density at radius 1 is 1.35 bits per heavy atom. The maximum atomic E-state index is 11.6. The van der Waals surface area contributed by atoms with Gasteiger partial charge in [0.15, 0.2) is 0 Å². The van der Waals surface area contributed by atoms with Crippen molar-refractivity contribution in [1.29, 1.82) is 0 Å². The molecule has 0 aliphatic rings. The van der Waals surface area contributed by atoms with Crippen LogP contribution >= 0.6 is 0 Å². The Bertz CT molecular complexity index is 435. The SMILES string of the molecule is CC(C)C(C)N(C)CCOc1ccccc1C(=O)NN. The third-order valence-electron chi connectivity index (χ3n) is 3.62. The molecule has 1 unspecified atom stereocenters. The highest BCUT2D eigenvalue weighted by Gasteiger charge is 2.14. The van der Waals surface area contributed by atoms with Gasteiger partial charge in [-0.25, -0.2) is 5.84 Å². The predicted octanol–water partition coefficient (Wildman–Crippen LogP) is 1.65. The lowest BCUT2D eigenvalue weighted by Gasteiger charge is -2.27. The third-order valence-corrected chi connectivity index (χ3v) is 3.62. The zero-order chi connectivity index (χ0) is 15.1. The van der Waals surface area contributed by atoms with Crippen LogP contribution in [-0.4, -0.2) is 37.0 Å². The van der Waals surface area contributed by atoms with Crippen LogP contribution in [0.2, 0.25) is 0 Å². The number of benzene rings is 1. The van der Waals surface area contributed by atoms with E-state index in [0.29, 0.717) is 29.9 Å². The zero-order valence-corrected chi connectivity index (χ0v) is 12.7. The van der Waals surface area contributed by atoms with Crippen molar-refractivity contribution in [1.82, 2.24) is 10.3 Å². The van der Waals surface area contributed by atoms with E-state index in [9.17, 15) is 4.79 Å².